The fraction of sp³-hybridized carbons (Fsp3) is 0.700. The second-order valence-corrected chi connectivity index (χ2v) is 7.18. The summed E-state index contributed by atoms with van der Waals surface area (Å²) < 4.78 is 0. The van der Waals surface area contributed by atoms with E-state index in [1.807, 2.05) is 24.3 Å². The monoisotopic (exact) mass is 415 g/mol. The van der Waals surface area contributed by atoms with E-state index in [2.05, 4.69) is 17.6 Å². The zero-order valence-electron chi connectivity index (χ0n) is 17.1. The van der Waals surface area contributed by atoms with Crippen molar-refractivity contribution >= 4 is 11.4 Å². The van der Waals surface area contributed by atoms with Crippen molar-refractivity contribution in [3.8, 4) is 0 Å². The standard InChI is InChI=1S/C20H37N3O6/c1-2-3-8-21-15-4-6-16(7-5-15)22-9-10-23(11-17(26)19(28)13-24)12-18(27)20(29)14-25/h4-7,17-22,24-29H,2-3,8-14H2,1H3/t17-,18-,19+,20+/m0/s1. The van der Waals surface area contributed by atoms with E-state index in [-0.39, 0.29) is 13.1 Å². The van der Waals surface area contributed by atoms with Crippen molar-refractivity contribution in [2.45, 2.75) is 44.2 Å². The summed E-state index contributed by atoms with van der Waals surface area (Å²) in [4.78, 5) is 1.65. The maximum Gasteiger partial charge on any atom is 0.104 e. The molecule has 4 atom stereocenters. The second-order valence-electron chi connectivity index (χ2n) is 7.18. The van der Waals surface area contributed by atoms with Gasteiger partial charge in [-0.05, 0) is 30.7 Å². The van der Waals surface area contributed by atoms with Crippen LogP contribution < -0.4 is 10.6 Å². The average molecular weight is 416 g/mol. The molecule has 0 spiro atoms. The number of nitrogens with one attached hydrogen (secondary N) is 2. The first-order valence-corrected chi connectivity index (χ1v) is 10.1. The minimum Gasteiger partial charge on any atom is -0.394 e. The highest BCUT2D eigenvalue weighted by atomic mass is 16.4. The molecule has 0 aliphatic rings. The highest BCUT2D eigenvalue weighted by Gasteiger charge is 2.23. The predicted octanol–water partition coefficient (Wildman–Crippen LogP) is -0.959. The van der Waals surface area contributed by atoms with Crippen molar-refractivity contribution in [2.24, 2.45) is 0 Å². The Kier molecular flexibility index (Phi) is 12.8. The molecule has 0 saturated heterocycles. The number of aliphatic hydroxyl groups excluding tert-OH is 6. The van der Waals surface area contributed by atoms with Crippen molar-refractivity contribution in [1.29, 1.82) is 0 Å². The maximum absolute atomic E-state index is 9.96. The number of nitrogens with zero attached hydrogens (tertiary/aromatic N) is 1. The summed E-state index contributed by atoms with van der Waals surface area (Å²) in [5.41, 5.74) is 1.96. The van der Waals surface area contributed by atoms with Gasteiger partial charge in [0.25, 0.3) is 0 Å². The van der Waals surface area contributed by atoms with Gasteiger partial charge < -0.3 is 41.3 Å². The van der Waals surface area contributed by atoms with Crippen molar-refractivity contribution in [2.75, 3.05) is 56.6 Å². The number of hydrogen-bond acceptors (Lipinski definition) is 9. The van der Waals surface area contributed by atoms with Gasteiger partial charge in [0.15, 0.2) is 0 Å². The molecule has 9 heteroatoms. The van der Waals surface area contributed by atoms with Crippen LogP contribution >= 0.6 is 0 Å². The summed E-state index contributed by atoms with van der Waals surface area (Å²) in [5, 5.41) is 63.6. The fourth-order valence-corrected chi connectivity index (χ4v) is 2.75. The zero-order valence-corrected chi connectivity index (χ0v) is 17.1. The minimum absolute atomic E-state index is 0.00109. The molecule has 0 amide bonds. The van der Waals surface area contributed by atoms with E-state index in [9.17, 15) is 20.4 Å². The summed E-state index contributed by atoms with van der Waals surface area (Å²) in [7, 11) is 0. The molecule has 0 unspecified atom stereocenters. The molecule has 0 heterocycles. The van der Waals surface area contributed by atoms with Gasteiger partial charge >= 0.3 is 0 Å². The van der Waals surface area contributed by atoms with Crippen LogP contribution in [0.1, 0.15) is 19.8 Å². The van der Waals surface area contributed by atoms with Gasteiger partial charge in [-0.15, -0.1) is 0 Å². The lowest BCUT2D eigenvalue weighted by Gasteiger charge is -2.30. The van der Waals surface area contributed by atoms with E-state index < -0.39 is 37.6 Å². The molecule has 0 aliphatic heterocycles. The first-order valence-electron chi connectivity index (χ1n) is 10.1. The lowest BCUT2D eigenvalue weighted by molar-refractivity contribution is -0.0529. The van der Waals surface area contributed by atoms with Crippen LogP contribution in [0.25, 0.3) is 0 Å². The Hall–Kier alpha value is -1.46. The lowest BCUT2D eigenvalue weighted by atomic mass is 10.1. The van der Waals surface area contributed by atoms with Gasteiger partial charge in [0.05, 0.1) is 25.4 Å². The predicted molar refractivity (Wildman–Crippen MR) is 113 cm³/mol. The molecule has 8 N–H and O–H groups in total. The van der Waals surface area contributed by atoms with Crippen LogP contribution in [-0.4, -0.2) is 106 Å². The Bertz CT molecular complexity index is 515. The van der Waals surface area contributed by atoms with Crippen LogP contribution in [0.15, 0.2) is 24.3 Å². The Balaban J connectivity index is 2.55. The molecule has 0 saturated carbocycles. The quantitative estimate of drug-likeness (QED) is 0.160. The third kappa shape index (κ3) is 10.2. The number of rotatable bonds is 16. The van der Waals surface area contributed by atoms with E-state index in [0.717, 1.165) is 30.8 Å². The molecule has 168 valence electrons. The second kappa shape index (κ2) is 14.5. The van der Waals surface area contributed by atoms with Gasteiger partial charge in [-0.3, -0.25) is 4.90 Å². The van der Waals surface area contributed by atoms with Crippen LogP contribution in [0.3, 0.4) is 0 Å². The van der Waals surface area contributed by atoms with Crippen LogP contribution in [0.2, 0.25) is 0 Å². The smallest absolute Gasteiger partial charge is 0.104 e. The van der Waals surface area contributed by atoms with E-state index in [4.69, 9.17) is 10.2 Å². The maximum atomic E-state index is 9.96. The number of hydrogen-bond donors (Lipinski definition) is 8. The summed E-state index contributed by atoms with van der Waals surface area (Å²) in [6.45, 7) is 2.82. The van der Waals surface area contributed by atoms with Gasteiger partial charge in [0, 0.05) is 44.1 Å². The molecule has 0 radical (unpaired) electrons. The van der Waals surface area contributed by atoms with Gasteiger partial charge in [-0.2, -0.15) is 0 Å². The molecule has 0 aromatic heterocycles. The highest BCUT2D eigenvalue weighted by molar-refractivity contribution is 5.53. The van der Waals surface area contributed by atoms with Crippen LogP contribution in [0.4, 0.5) is 11.4 Å². The zero-order chi connectivity index (χ0) is 21.6. The van der Waals surface area contributed by atoms with E-state index in [1.54, 1.807) is 4.90 Å². The summed E-state index contributed by atoms with van der Waals surface area (Å²) in [5.74, 6) is 0. The Morgan fingerprint density at radius 3 is 1.62 bits per heavy atom. The SMILES string of the molecule is CCCCNc1ccc(NCCN(C[C@H](O)[C@H](O)CO)C[C@H](O)[C@H](O)CO)cc1. The Morgan fingerprint density at radius 1 is 0.759 bits per heavy atom. The van der Waals surface area contributed by atoms with Crippen LogP contribution in [0.5, 0.6) is 0 Å². The van der Waals surface area contributed by atoms with E-state index >= 15 is 0 Å². The van der Waals surface area contributed by atoms with Gasteiger partial charge in [0.1, 0.15) is 12.2 Å². The molecular formula is C20H37N3O6. The first kappa shape index (κ1) is 25.6. The normalized spacial score (nSPS) is 15.7. The number of benzene rings is 1. The Morgan fingerprint density at radius 2 is 1.21 bits per heavy atom. The van der Waals surface area contributed by atoms with E-state index in [0.29, 0.717) is 13.1 Å². The molecule has 0 bridgehead atoms. The molecule has 1 aromatic carbocycles. The molecule has 0 fully saturated rings. The lowest BCUT2D eigenvalue weighted by Crippen LogP contribution is -2.47. The minimum atomic E-state index is -1.29. The summed E-state index contributed by atoms with van der Waals surface area (Å²) in [6, 6.07) is 7.87. The summed E-state index contributed by atoms with van der Waals surface area (Å²) in [6.07, 6.45) is -2.74. The highest BCUT2D eigenvalue weighted by Crippen LogP contribution is 2.13. The van der Waals surface area contributed by atoms with Gasteiger partial charge in [0.2, 0.25) is 0 Å². The molecule has 1 rings (SSSR count). The Labute approximate surface area is 172 Å². The summed E-state index contributed by atoms with van der Waals surface area (Å²) >= 11 is 0. The third-order valence-corrected chi connectivity index (χ3v) is 4.65. The van der Waals surface area contributed by atoms with Crippen molar-refractivity contribution in [3.05, 3.63) is 24.3 Å². The van der Waals surface area contributed by atoms with Crippen LogP contribution in [-0.2, 0) is 0 Å². The third-order valence-electron chi connectivity index (χ3n) is 4.65. The number of anilines is 2. The molecular weight excluding hydrogens is 378 g/mol. The number of aliphatic hydroxyl groups is 6. The van der Waals surface area contributed by atoms with E-state index in [1.165, 1.54) is 0 Å². The average Bonchev–Trinajstić information content (AvgIpc) is 2.73. The number of unbranched alkanes of at least 4 members (excludes halogenated alkanes) is 1. The fourth-order valence-electron chi connectivity index (χ4n) is 2.75. The topological polar surface area (TPSA) is 149 Å². The van der Waals surface area contributed by atoms with Crippen molar-refractivity contribution in [3.63, 3.8) is 0 Å². The molecule has 0 aliphatic carbocycles. The van der Waals surface area contributed by atoms with Crippen molar-refractivity contribution < 1.29 is 30.6 Å². The van der Waals surface area contributed by atoms with Crippen LogP contribution in [0, 0.1) is 0 Å². The first-order chi connectivity index (χ1) is 13.9. The van der Waals surface area contributed by atoms with Crippen molar-refractivity contribution in [1.82, 2.24) is 4.90 Å². The molecule has 29 heavy (non-hydrogen) atoms. The molecule has 9 nitrogen and oxygen atoms in total. The largest absolute Gasteiger partial charge is 0.394 e. The molecule has 1 aromatic rings. The van der Waals surface area contributed by atoms with Gasteiger partial charge in [-0.1, -0.05) is 13.3 Å². The van der Waals surface area contributed by atoms with Gasteiger partial charge in [-0.25, -0.2) is 0 Å².